The SMILES string of the molecule is Cc1ccc(C(=O)/C(C#N)=N/Nc2c(Cl)cc(Cl)cc2Cl)cc1. The number of benzene rings is 2. The standard InChI is InChI=1S/C16H10Cl3N3O/c1-9-2-4-10(5-3-9)16(23)14(8-20)21-22-15-12(18)6-11(17)7-13(15)19/h2-7,22H,1H3/b21-14+. The van der Waals surface area contributed by atoms with Gasteiger partial charge >= 0.3 is 0 Å². The first-order valence-corrected chi connectivity index (χ1v) is 7.55. The highest BCUT2D eigenvalue weighted by molar-refractivity contribution is 6.51. The second-order valence-corrected chi connectivity index (χ2v) is 5.87. The number of ketones is 1. The van der Waals surface area contributed by atoms with Crippen molar-refractivity contribution in [3.05, 3.63) is 62.6 Å². The number of anilines is 1. The molecule has 0 saturated carbocycles. The van der Waals surface area contributed by atoms with Crippen molar-refractivity contribution in [1.29, 1.82) is 5.26 Å². The van der Waals surface area contributed by atoms with E-state index in [0.717, 1.165) is 5.56 Å². The van der Waals surface area contributed by atoms with Crippen LogP contribution in [0.3, 0.4) is 0 Å². The lowest BCUT2D eigenvalue weighted by Gasteiger charge is -2.07. The van der Waals surface area contributed by atoms with Gasteiger partial charge in [0, 0.05) is 10.6 Å². The van der Waals surface area contributed by atoms with E-state index in [1.807, 2.05) is 6.92 Å². The van der Waals surface area contributed by atoms with Crippen molar-refractivity contribution in [2.24, 2.45) is 5.10 Å². The molecule has 116 valence electrons. The number of nitrogens with zero attached hydrogens (tertiary/aromatic N) is 2. The quantitative estimate of drug-likeness (QED) is 0.463. The summed E-state index contributed by atoms with van der Waals surface area (Å²) in [5.74, 6) is -0.499. The Balaban J connectivity index is 2.28. The summed E-state index contributed by atoms with van der Waals surface area (Å²) >= 11 is 17.8. The van der Waals surface area contributed by atoms with Gasteiger partial charge in [-0.05, 0) is 19.1 Å². The van der Waals surface area contributed by atoms with Crippen molar-refractivity contribution in [2.75, 3.05) is 5.43 Å². The molecule has 23 heavy (non-hydrogen) atoms. The largest absolute Gasteiger partial charge is 0.286 e. The maximum atomic E-state index is 12.3. The van der Waals surface area contributed by atoms with E-state index in [2.05, 4.69) is 10.5 Å². The van der Waals surface area contributed by atoms with Crippen LogP contribution in [0.2, 0.25) is 15.1 Å². The number of carbonyl (C=O) groups excluding carboxylic acids is 1. The third kappa shape index (κ3) is 4.23. The second-order valence-electron chi connectivity index (χ2n) is 4.62. The monoisotopic (exact) mass is 365 g/mol. The van der Waals surface area contributed by atoms with E-state index in [1.165, 1.54) is 12.1 Å². The molecule has 0 atom stereocenters. The highest BCUT2D eigenvalue weighted by Crippen LogP contribution is 2.33. The molecule has 0 aromatic heterocycles. The van der Waals surface area contributed by atoms with Crippen LogP contribution < -0.4 is 5.43 Å². The summed E-state index contributed by atoms with van der Waals surface area (Å²) in [6.45, 7) is 1.90. The molecule has 0 fully saturated rings. The van der Waals surface area contributed by atoms with E-state index in [0.29, 0.717) is 10.6 Å². The van der Waals surface area contributed by atoms with Crippen LogP contribution in [0.25, 0.3) is 0 Å². The first-order valence-electron chi connectivity index (χ1n) is 6.42. The highest BCUT2D eigenvalue weighted by atomic mass is 35.5. The van der Waals surface area contributed by atoms with Gasteiger partial charge in [-0.15, -0.1) is 0 Å². The Morgan fingerprint density at radius 3 is 2.22 bits per heavy atom. The predicted molar refractivity (Wildman–Crippen MR) is 93.7 cm³/mol. The Morgan fingerprint density at radius 1 is 1.13 bits per heavy atom. The van der Waals surface area contributed by atoms with Gasteiger partial charge in [-0.3, -0.25) is 10.2 Å². The fourth-order valence-corrected chi connectivity index (χ4v) is 2.63. The van der Waals surface area contributed by atoms with E-state index in [4.69, 9.17) is 40.1 Å². The number of nitrogens with one attached hydrogen (secondary N) is 1. The average molecular weight is 367 g/mol. The van der Waals surface area contributed by atoms with Gasteiger partial charge in [0.2, 0.25) is 11.5 Å². The number of carbonyl (C=O) groups is 1. The third-order valence-electron chi connectivity index (χ3n) is 2.92. The fourth-order valence-electron chi connectivity index (χ4n) is 1.73. The fraction of sp³-hybridized carbons (Fsp3) is 0.0625. The number of rotatable bonds is 4. The van der Waals surface area contributed by atoms with E-state index in [9.17, 15) is 4.79 Å². The summed E-state index contributed by atoms with van der Waals surface area (Å²) in [6, 6.07) is 11.5. The smallest absolute Gasteiger partial charge is 0.223 e. The summed E-state index contributed by atoms with van der Waals surface area (Å²) in [5.41, 5.74) is 3.88. The van der Waals surface area contributed by atoms with Crippen LogP contribution in [-0.2, 0) is 0 Å². The van der Waals surface area contributed by atoms with E-state index < -0.39 is 5.78 Å². The summed E-state index contributed by atoms with van der Waals surface area (Å²) in [7, 11) is 0. The number of nitriles is 1. The molecule has 7 heteroatoms. The molecule has 0 radical (unpaired) electrons. The van der Waals surface area contributed by atoms with Gasteiger partial charge in [-0.25, -0.2) is 0 Å². The molecule has 1 N–H and O–H groups in total. The second kappa shape index (κ2) is 7.47. The molecule has 0 spiro atoms. The normalized spacial score (nSPS) is 11.0. The van der Waals surface area contributed by atoms with Crippen LogP contribution in [0.5, 0.6) is 0 Å². The lowest BCUT2D eigenvalue weighted by molar-refractivity contribution is 0.106. The Kier molecular flexibility index (Phi) is 5.62. The van der Waals surface area contributed by atoms with E-state index in [-0.39, 0.29) is 21.4 Å². The van der Waals surface area contributed by atoms with Gasteiger partial charge in [-0.2, -0.15) is 10.4 Å². The molecule has 2 aromatic rings. The average Bonchev–Trinajstić information content (AvgIpc) is 2.50. The van der Waals surface area contributed by atoms with Crippen LogP contribution in [0.15, 0.2) is 41.5 Å². The molecule has 0 saturated heterocycles. The molecular formula is C16H10Cl3N3O. The zero-order valence-corrected chi connectivity index (χ0v) is 14.2. The summed E-state index contributed by atoms with van der Waals surface area (Å²) < 4.78 is 0. The number of hydrogen-bond acceptors (Lipinski definition) is 4. The van der Waals surface area contributed by atoms with Gasteiger partial charge < -0.3 is 0 Å². The summed E-state index contributed by atoms with van der Waals surface area (Å²) in [5, 5.41) is 13.8. The van der Waals surface area contributed by atoms with Crippen LogP contribution in [0.4, 0.5) is 5.69 Å². The molecule has 0 aliphatic heterocycles. The molecule has 2 rings (SSSR count). The van der Waals surface area contributed by atoms with Crippen LogP contribution in [0, 0.1) is 18.3 Å². The van der Waals surface area contributed by atoms with Gasteiger partial charge in [0.15, 0.2) is 0 Å². The van der Waals surface area contributed by atoms with E-state index in [1.54, 1.807) is 30.3 Å². The summed E-state index contributed by atoms with van der Waals surface area (Å²) in [6.07, 6.45) is 0. The molecular weight excluding hydrogens is 357 g/mol. The van der Waals surface area contributed by atoms with Gasteiger partial charge in [-0.1, -0.05) is 64.6 Å². The molecule has 0 heterocycles. The Labute approximate surface area is 148 Å². The molecule has 0 bridgehead atoms. The third-order valence-corrected chi connectivity index (χ3v) is 3.74. The number of halogens is 3. The zero-order valence-electron chi connectivity index (χ0n) is 11.9. The van der Waals surface area contributed by atoms with Crippen molar-refractivity contribution in [2.45, 2.75) is 6.92 Å². The number of hydrogen-bond donors (Lipinski definition) is 1. The lowest BCUT2D eigenvalue weighted by Crippen LogP contribution is -2.14. The molecule has 0 aliphatic rings. The van der Waals surface area contributed by atoms with Crippen molar-refractivity contribution in [1.82, 2.24) is 0 Å². The predicted octanol–water partition coefficient (Wildman–Crippen LogP) is 5.13. The Morgan fingerprint density at radius 2 is 1.70 bits per heavy atom. The summed E-state index contributed by atoms with van der Waals surface area (Å²) in [4.78, 5) is 12.3. The number of Topliss-reactive ketones (excluding diaryl/α,β-unsaturated/α-hetero) is 1. The maximum absolute atomic E-state index is 12.3. The van der Waals surface area contributed by atoms with Gasteiger partial charge in [0.05, 0.1) is 15.7 Å². The first kappa shape index (κ1) is 17.3. The van der Waals surface area contributed by atoms with Crippen molar-refractivity contribution in [3.8, 4) is 6.07 Å². The minimum atomic E-state index is -0.499. The first-order chi connectivity index (χ1) is 10.9. The number of hydrazone groups is 1. The van der Waals surface area contributed by atoms with Crippen LogP contribution in [0.1, 0.15) is 15.9 Å². The minimum Gasteiger partial charge on any atom is -0.286 e. The minimum absolute atomic E-state index is 0.228. The zero-order chi connectivity index (χ0) is 17.0. The van der Waals surface area contributed by atoms with Gasteiger partial charge in [0.1, 0.15) is 6.07 Å². The number of aryl methyl sites for hydroxylation is 1. The lowest BCUT2D eigenvalue weighted by atomic mass is 10.1. The Hall–Kier alpha value is -2.06. The van der Waals surface area contributed by atoms with Crippen LogP contribution in [-0.4, -0.2) is 11.5 Å². The Bertz CT molecular complexity index is 800. The van der Waals surface area contributed by atoms with Crippen molar-refractivity contribution < 1.29 is 4.79 Å². The van der Waals surface area contributed by atoms with Gasteiger partial charge in [0.25, 0.3) is 0 Å². The molecule has 0 amide bonds. The molecule has 2 aromatic carbocycles. The molecule has 0 unspecified atom stereocenters. The van der Waals surface area contributed by atoms with Crippen LogP contribution >= 0.6 is 34.8 Å². The molecule has 0 aliphatic carbocycles. The maximum Gasteiger partial charge on any atom is 0.223 e. The topological polar surface area (TPSA) is 65.2 Å². The van der Waals surface area contributed by atoms with Crippen molar-refractivity contribution >= 4 is 52.0 Å². The van der Waals surface area contributed by atoms with Crippen molar-refractivity contribution in [3.63, 3.8) is 0 Å². The highest BCUT2D eigenvalue weighted by Gasteiger charge is 2.15. The van der Waals surface area contributed by atoms with E-state index >= 15 is 0 Å². The molecule has 4 nitrogen and oxygen atoms in total.